The van der Waals surface area contributed by atoms with Crippen molar-refractivity contribution in [1.29, 1.82) is 0 Å². The first-order chi connectivity index (χ1) is 10.4. The molecular formula is C17H23NO3S. The Morgan fingerprint density at radius 3 is 2.95 bits per heavy atom. The lowest BCUT2D eigenvalue weighted by atomic mass is 9.86. The summed E-state index contributed by atoms with van der Waals surface area (Å²) in [6, 6.07) is 5.82. The molecule has 1 amide bonds. The fourth-order valence-electron chi connectivity index (χ4n) is 3.21. The summed E-state index contributed by atoms with van der Waals surface area (Å²) in [5.74, 6) is 2.25. The Hall–Kier alpha value is -1.36. The maximum atomic E-state index is 12.9. The van der Waals surface area contributed by atoms with Gasteiger partial charge < -0.3 is 9.64 Å². The number of rotatable bonds is 1. The van der Waals surface area contributed by atoms with Crippen molar-refractivity contribution < 1.29 is 13.7 Å². The van der Waals surface area contributed by atoms with Crippen molar-refractivity contribution in [2.75, 3.05) is 31.2 Å². The van der Waals surface area contributed by atoms with Crippen LogP contribution in [0.5, 0.6) is 5.75 Å². The maximum Gasteiger partial charge on any atom is 0.257 e. The second-order valence-corrected chi connectivity index (χ2v) is 8.64. The van der Waals surface area contributed by atoms with Crippen molar-refractivity contribution in [3.63, 3.8) is 0 Å². The van der Waals surface area contributed by atoms with Gasteiger partial charge in [0.25, 0.3) is 5.91 Å². The van der Waals surface area contributed by atoms with E-state index >= 15 is 0 Å². The second kappa shape index (κ2) is 5.69. The summed E-state index contributed by atoms with van der Waals surface area (Å²) in [6.07, 6.45) is 0. The van der Waals surface area contributed by atoms with Crippen LogP contribution in [0.3, 0.4) is 0 Å². The summed E-state index contributed by atoms with van der Waals surface area (Å²) in [7, 11) is -0.818. The number of nitrogens with zero attached hydrogens (tertiary/aromatic N) is 1. The highest BCUT2D eigenvalue weighted by molar-refractivity contribution is 7.85. The van der Waals surface area contributed by atoms with Gasteiger partial charge in [-0.25, -0.2) is 0 Å². The van der Waals surface area contributed by atoms with Gasteiger partial charge in [-0.2, -0.15) is 0 Å². The van der Waals surface area contributed by atoms with Crippen LogP contribution < -0.4 is 4.74 Å². The van der Waals surface area contributed by atoms with Gasteiger partial charge in [-0.15, -0.1) is 0 Å². The molecular weight excluding hydrogens is 298 g/mol. The number of carbonyl (C=O) groups is 1. The van der Waals surface area contributed by atoms with Crippen LogP contribution in [0.25, 0.3) is 0 Å². The van der Waals surface area contributed by atoms with Crippen LogP contribution in [-0.2, 0) is 16.2 Å². The van der Waals surface area contributed by atoms with Crippen LogP contribution in [0, 0.1) is 5.92 Å². The molecule has 2 atom stereocenters. The van der Waals surface area contributed by atoms with Gasteiger partial charge in [0.05, 0.1) is 12.2 Å². The quantitative estimate of drug-likeness (QED) is 0.796. The minimum atomic E-state index is -0.818. The van der Waals surface area contributed by atoms with Crippen LogP contribution in [0.2, 0.25) is 0 Å². The molecule has 0 radical (unpaired) electrons. The van der Waals surface area contributed by atoms with Crippen molar-refractivity contribution in [2.24, 2.45) is 5.92 Å². The number of hydrogen-bond donors (Lipinski definition) is 0. The number of ether oxygens (including phenoxy) is 1. The SMILES string of the molecule is CC1CN(C(=O)c2cccc3c2OCC3(C)C)CCS(=O)C1. The third kappa shape index (κ3) is 2.78. The average Bonchev–Trinajstić information content (AvgIpc) is 2.67. The standard InChI is InChI=1S/C17H23NO3S/c1-12-9-18(7-8-22(20)10-12)16(19)13-5-4-6-14-15(13)21-11-17(14,2)3/h4-6,12H,7-11H2,1-3H3. The van der Waals surface area contributed by atoms with Crippen molar-refractivity contribution in [3.8, 4) is 5.75 Å². The molecule has 4 nitrogen and oxygen atoms in total. The molecule has 5 heteroatoms. The molecule has 2 aliphatic rings. The molecule has 0 aromatic heterocycles. The van der Waals surface area contributed by atoms with Crippen LogP contribution in [0.1, 0.15) is 36.7 Å². The highest BCUT2D eigenvalue weighted by Gasteiger charge is 2.35. The van der Waals surface area contributed by atoms with E-state index in [9.17, 15) is 9.00 Å². The molecule has 0 saturated carbocycles. The number of para-hydroxylation sites is 1. The first-order valence-corrected chi connectivity index (χ1v) is 9.28. The molecule has 1 aromatic rings. The smallest absolute Gasteiger partial charge is 0.257 e. The van der Waals surface area contributed by atoms with Crippen molar-refractivity contribution in [1.82, 2.24) is 4.90 Å². The lowest BCUT2D eigenvalue weighted by Gasteiger charge is -2.23. The van der Waals surface area contributed by atoms with E-state index in [0.29, 0.717) is 36.8 Å². The fourth-order valence-corrected chi connectivity index (χ4v) is 4.54. The first kappa shape index (κ1) is 15.5. The van der Waals surface area contributed by atoms with Crippen LogP contribution in [0.15, 0.2) is 18.2 Å². The molecule has 0 spiro atoms. The van der Waals surface area contributed by atoms with E-state index in [1.54, 1.807) is 0 Å². The zero-order chi connectivity index (χ0) is 15.9. The summed E-state index contributed by atoms with van der Waals surface area (Å²) in [5.41, 5.74) is 1.69. The molecule has 3 rings (SSSR count). The Kier molecular flexibility index (Phi) is 4.02. The van der Waals surface area contributed by atoms with Gasteiger partial charge >= 0.3 is 0 Å². The van der Waals surface area contributed by atoms with Gasteiger partial charge in [0.2, 0.25) is 0 Å². The largest absolute Gasteiger partial charge is 0.492 e. The molecule has 2 heterocycles. The Balaban J connectivity index is 1.90. The zero-order valence-electron chi connectivity index (χ0n) is 13.4. The van der Waals surface area contributed by atoms with Crippen LogP contribution >= 0.6 is 0 Å². The normalized spacial score (nSPS) is 27.0. The number of benzene rings is 1. The monoisotopic (exact) mass is 321 g/mol. The predicted molar refractivity (Wildman–Crippen MR) is 87.9 cm³/mol. The van der Waals surface area contributed by atoms with E-state index in [-0.39, 0.29) is 17.2 Å². The number of fused-ring (bicyclic) bond motifs is 1. The van der Waals surface area contributed by atoms with Gasteiger partial charge in [0, 0.05) is 46.4 Å². The van der Waals surface area contributed by atoms with E-state index in [1.165, 1.54) is 0 Å². The summed E-state index contributed by atoms with van der Waals surface area (Å²) < 4.78 is 17.6. The van der Waals surface area contributed by atoms with Gasteiger partial charge in [-0.05, 0) is 12.0 Å². The summed E-state index contributed by atoms with van der Waals surface area (Å²) in [6.45, 7) is 8.14. The Bertz CT molecular complexity index is 626. The highest BCUT2D eigenvalue weighted by Crippen LogP contribution is 2.40. The van der Waals surface area contributed by atoms with Gasteiger partial charge in [0.15, 0.2) is 0 Å². The van der Waals surface area contributed by atoms with E-state index in [0.717, 1.165) is 11.3 Å². The summed E-state index contributed by atoms with van der Waals surface area (Å²) >= 11 is 0. The van der Waals surface area contributed by atoms with E-state index in [4.69, 9.17) is 4.74 Å². The topological polar surface area (TPSA) is 46.6 Å². The van der Waals surface area contributed by atoms with E-state index < -0.39 is 10.8 Å². The molecule has 1 aromatic carbocycles. The Morgan fingerprint density at radius 1 is 1.41 bits per heavy atom. The lowest BCUT2D eigenvalue weighted by Crippen LogP contribution is -2.35. The minimum absolute atomic E-state index is 0.000278. The maximum absolute atomic E-state index is 12.9. The molecule has 1 fully saturated rings. The first-order valence-electron chi connectivity index (χ1n) is 7.79. The third-order valence-corrected chi connectivity index (χ3v) is 6.01. The van der Waals surface area contributed by atoms with Crippen molar-refractivity contribution in [2.45, 2.75) is 26.2 Å². The van der Waals surface area contributed by atoms with E-state index in [2.05, 4.69) is 20.8 Å². The summed E-state index contributed by atoms with van der Waals surface area (Å²) in [5, 5.41) is 0. The van der Waals surface area contributed by atoms with Gasteiger partial charge in [-0.1, -0.05) is 32.9 Å². The van der Waals surface area contributed by atoms with Crippen molar-refractivity contribution in [3.05, 3.63) is 29.3 Å². The van der Waals surface area contributed by atoms with Gasteiger partial charge in [-0.3, -0.25) is 9.00 Å². The molecule has 1 saturated heterocycles. The molecule has 2 unspecified atom stereocenters. The molecule has 2 aliphatic heterocycles. The molecule has 22 heavy (non-hydrogen) atoms. The summed E-state index contributed by atoms with van der Waals surface area (Å²) in [4.78, 5) is 14.8. The van der Waals surface area contributed by atoms with Gasteiger partial charge in [0.1, 0.15) is 5.75 Å². The zero-order valence-corrected chi connectivity index (χ0v) is 14.2. The minimum Gasteiger partial charge on any atom is -0.492 e. The molecule has 0 aliphatic carbocycles. The van der Waals surface area contributed by atoms with E-state index in [1.807, 2.05) is 23.1 Å². The Morgan fingerprint density at radius 2 is 2.18 bits per heavy atom. The van der Waals surface area contributed by atoms with Crippen LogP contribution in [0.4, 0.5) is 0 Å². The molecule has 0 N–H and O–H groups in total. The average molecular weight is 321 g/mol. The number of hydrogen-bond acceptors (Lipinski definition) is 3. The molecule has 0 bridgehead atoms. The predicted octanol–water partition coefficient (Wildman–Crippen LogP) is 2.20. The second-order valence-electron chi connectivity index (χ2n) is 7.02. The highest BCUT2D eigenvalue weighted by atomic mass is 32.2. The number of amides is 1. The Labute approximate surface area is 134 Å². The lowest BCUT2D eigenvalue weighted by molar-refractivity contribution is 0.0748. The fraction of sp³-hybridized carbons (Fsp3) is 0.588. The third-order valence-electron chi connectivity index (χ3n) is 4.43. The van der Waals surface area contributed by atoms with Crippen molar-refractivity contribution >= 4 is 16.7 Å². The van der Waals surface area contributed by atoms with Crippen LogP contribution in [-0.4, -0.2) is 46.2 Å². The number of carbonyl (C=O) groups excluding carboxylic acids is 1. The molecule has 120 valence electrons.